The van der Waals surface area contributed by atoms with Crippen molar-refractivity contribution in [2.24, 2.45) is 13.0 Å². The molecule has 1 aromatic carbocycles. The number of piperidine rings is 1. The van der Waals surface area contributed by atoms with Crippen LogP contribution in [0.3, 0.4) is 0 Å². The number of aromatic nitrogens is 3. The van der Waals surface area contributed by atoms with Crippen molar-refractivity contribution < 1.29 is 18.7 Å². The Balaban J connectivity index is 1.23. The predicted molar refractivity (Wildman–Crippen MR) is 116 cm³/mol. The number of carbonyl (C=O) groups excluding carboxylic acids is 1. The first-order valence-electron chi connectivity index (χ1n) is 10.4. The number of nitrogens with zero attached hydrogens (tertiary/aromatic N) is 4. The summed E-state index contributed by atoms with van der Waals surface area (Å²) < 4.78 is 20.9. The van der Waals surface area contributed by atoms with Gasteiger partial charge >= 0.3 is 0 Å². The molecule has 0 N–H and O–H groups in total. The van der Waals surface area contributed by atoms with Gasteiger partial charge in [-0.3, -0.25) is 9.69 Å². The van der Waals surface area contributed by atoms with Crippen LogP contribution in [0.25, 0.3) is 11.6 Å². The lowest BCUT2D eigenvalue weighted by molar-refractivity contribution is 0.0802. The molecule has 8 nitrogen and oxygen atoms in total. The molecule has 5 rings (SSSR count). The smallest absolute Gasteiger partial charge is 0.199 e. The van der Waals surface area contributed by atoms with Gasteiger partial charge in [0.25, 0.3) is 0 Å². The van der Waals surface area contributed by atoms with Crippen LogP contribution in [0.4, 0.5) is 0 Å². The Morgan fingerprint density at radius 3 is 2.68 bits per heavy atom. The van der Waals surface area contributed by atoms with E-state index < -0.39 is 0 Å². The number of carbonyl (C=O) groups is 1. The van der Waals surface area contributed by atoms with Gasteiger partial charge in [0.2, 0.25) is 0 Å². The summed E-state index contributed by atoms with van der Waals surface area (Å²) in [5.41, 5.74) is 0.692. The van der Waals surface area contributed by atoms with Crippen LogP contribution in [-0.4, -0.2) is 51.3 Å². The number of benzene rings is 1. The van der Waals surface area contributed by atoms with Crippen molar-refractivity contribution in [2.75, 3.05) is 26.3 Å². The Kier molecular flexibility index (Phi) is 5.37. The van der Waals surface area contributed by atoms with E-state index in [4.69, 9.17) is 26.1 Å². The highest BCUT2D eigenvalue weighted by Crippen LogP contribution is 2.32. The van der Waals surface area contributed by atoms with Crippen LogP contribution in [-0.2, 0) is 13.7 Å². The number of Topliss-reactive ketones (excluding diaryl/α,β-unsaturated/α-hetero) is 1. The zero-order valence-electron chi connectivity index (χ0n) is 17.3. The molecule has 0 unspecified atom stereocenters. The fourth-order valence-electron chi connectivity index (χ4n) is 4.16. The third kappa shape index (κ3) is 3.90. The van der Waals surface area contributed by atoms with Gasteiger partial charge in [-0.2, -0.15) is 0 Å². The van der Waals surface area contributed by atoms with E-state index in [1.165, 1.54) is 0 Å². The van der Waals surface area contributed by atoms with Gasteiger partial charge in [-0.05, 0) is 55.4 Å². The Hall–Kier alpha value is -2.91. The first-order chi connectivity index (χ1) is 15.1. The number of rotatable bonds is 5. The first-order valence-corrected chi connectivity index (χ1v) is 10.8. The second-order valence-electron chi connectivity index (χ2n) is 7.90. The van der Waals surface area contributed by atoms with E-state index in [1.807, 2.05) is 46.6 Å². The number of furan rings is 1. The van der Waals surface area contributed by atoms with Crippen molar-refractivity contribution in [1.82, 2.24) is 19.2 Å². The largest absolute Gasteiger partial charge is 0.486 e. The lowest BCUT2D eigenvalue weighted by Gasteiger charge is -2.31. The molecule has 0 atom stereocenters. The SMILES string of the molecule is Cn1c(-c2ccco2)nn(CN2CCC(C(=O)c3ccc4c(c3)OCCO4)CC2)c1=S. The Morgan fingerprint density at radius 2 is 1.94 bits per heavy atom. The van der Waals surface area contributed by atoms with Crippen molar-refractivity contribution in [3.05, 3.63) is 46.9 Å². The van der Waals surface area contributed by atoms with Crippen LogP contribution in [0.1, 0.15) is 23.2 Å². The van der Waals surface area contributed by atoms with E-state index >= 15 is 0 Å². The Labute approximate surface area is 185 Å². The topological polar surface area (TPSA) is 74.7 Å². The van der Waals surface area contributed by atoms with E-state index in [-0.39, 0.29) is 11.7 Å². The molecule has 2 aromatic heterocycles. The summed E-state index contributed by atoms with van der Waals surface area (Å²) in [5.74, 6) is 2.94. The van der Waals surface area contributed by atoms with E-state index in [0.29, 0.717) is 53.3 Å². The van der Waals surface area contributed by atoms with Gasteiger partial charge in [0.15, 0.2) is 33.6 Å². The highest BCUT2D eigenvalue weighted by atomic mass is 32.1. The standard InChI is InChI=1S/C22H24N4O4S/c1-24-21(18-3-2-10-28-18)23-26(22(24)31)14-25-8-6-15(7-9-25)20(27)16-4-5-17-19(13-16)30-12-11-29-17/h2-5,10,13,15H,6-9,11-12,14H2,1H3. The molecule has 0 bridgehead atoms. The predicted octanol–water partition coefficient (Wildman–Crippen LogP) is 3.53. The molecule has 0 amide bonds. The molecule has 4 heterocycles. The number of ketones is 1. The normalized spacial score (nSPS) is 17.1. The van der Waals surface area contributed by atoms with Crippen molar-refractivity contribution in [2.45, 2.75) is 19.5 Å². The van der Waals surface area contributed by atoms with Gasteiger partial charge in [-0.25, -0.2) is 4.68 Å². The van der Waals surface area contributed by atoms with Crippen molar-refractivity contribution >= 4 is 18.0 Å². The van der Waals surface area contributed by atoms with Crippen molar-refractivity contribution in [3.8, 4) is 23.1 Å². The Bertz CT molecular complexity index is 1140. The highest BCUT2D eigenvalue weighted by molar-refractivity contribution is 7.71. The number of likely N-dealkylation sites (tertiary alicyclic amines) is 1. The molecular formula is C22H24N4O4S. The molecule has 31 heavy (non-hydrogen) atoms. The number of hydrogen-bond donors (Lipinski definition) is 0. The lowest BCUT2D eigenvalue weighted by Crippen LogP contribution is -2.37. The molecule has 2 aliphatic heterocycles. The summed E-state index contributed by atoms with van der Waals surface area (Å²) in [6, 6.07) is 9.19. The van der Waals surface area contributed by atoms with Crippen LogP contribution < -0.4 is 9.47 Å². The molecule has 0 saturated carbocycles. The second kappa shape index (κ2) is 8.32. The monoisotopic (exact) mass is 440 g/mol. The molecule has 9 heteroatoms. The van der Waals surface area contributed by atoms with Crippen molar-refractivity contribution in [3.63, 3.8) is 0 Å². The summed E-state index contributed by atoms with van der Waals surface area (Å²) in [5, 5.41) is 4.64. The third-order valence-corrected chi connectivity index (χ3v) is 6.39. The molecule has 3 aromatic rings. The van der Waals surface area contributed by atoms with Gasteiger partial charge in [0.1, 0.15) is 13.2 Å². The second-order valence-corrected chi connectivity index (χ2v) is 8.26. The van der Waals surface area contributed by atoms with E-state index in [0.717, 1.165) is 25.9 Å². The molecule has 2 aliphatic rings. The number of hydrogen-bond acceptors (Lipinski definition) is 7. The maximum atomic E-state index is 13.0. The molecule has 1 saturated heterocycles. The maximum absolute atomic E-state index is 13.0. The quantitative estimate of drug-likeness (QED) is 0.444. The third-order valence-electron chi connectivity index (χ3n) is 5.90. The van der Waals surface area contributed by atoms with E-state index in [9.17, 15) is 4.79 Å². The molecule has 0 radical (unpaired) electrons. The highest BCUT2D eigenvalue weighted by Gasteiger charge is 2.27. The van der Waals surface area contributed by atoms with Gasteiger partial charge < -0.3 is 18.5 Å². The molecule has 1 fully saturated rings. The van der Waals surface area contributed by atoms with Crippen LogP contribution >= 0.6 is 12.2 Å². The first kappa shape index (κ1) is 20.0. The molecular weight excluding hydrogens is 416 g/mol. The molecule has 162 valence electrons. The summed E-state index contributed by atoms with van der Waals surface area (Å²) >= 11 is 5.55. The minimum Gasteiger partial charge on any atom is -0.486 e. The maximum Gasteiger partial charge on any atom is 0.199 e. The van der Waals surface area contributed by atoms with E-state index in [1.54, 1.807) is 6.26 Å². The molecule has 0 aliphatic carbocycles. The summed E-state index contributed by atoms with van der Waals surface area (Å²) in [4.78, 5) is 15.3. The van der Waals surface area contributed by atoms with Gasteiger partial charge in [0, 0.05) is 31.6 Å². The minimum atomic E-state index is 0.00851. The lowest BCUT2D eigenvalue weighted by atomic mass is 9.89. The molecule has 0 spiro atoms. The average Bonchev–Trinajstić information content (AvgIpc) is 3.43. The average molecular weight is 441 g/mol. The number of fused-ring (bicyclic) bond motifs is 1. The fourth-order valence-corrected chi connectivity index (χ4v) is 4.34. The minimum absolute atomic E-state index is 0.00851. The zero-order valence-corrected chi connectivity index (χ0v) is 18.1. The van der Waals surface area contributed by atoms with Crippen LogP contribution in [0, 0.1) is 10.7 Å². The van der Waals surface area contributed by atoms with Gasteiger partial charge in [-0.1, -0.05) is 0 Å². The van der Waals surface area contributed by atoms with E-state index in [2.05, 4.69) is 10.00 Å². The summed E-state index contributed by atoms with van der Waals surface area (Å²) in [6.07, 6.45) is 3.23. The summed E-state index contributed by atoms with van der Waals surface area (Å²) in [7, 11) is 1.89. The van der Waals surface area contributed by atoms with Crippen LogP contribution in [0.15, 0.2) is 41.0 Å². The van der Waals surface area contributed by atoms with Crippen molar-refractivity contribution in [1.29, 1.82) is 0 Å². The Morgan fingerprint density at radius 1 is 1.16 bits per heavy atom. The van der Waals surface area contributed by atoms with Crippen LogP contribution in [0.2, 0.25) is 0 Å². The fraction of sp³-hybridized carbons (Fsp3) is 0.409. The summed E-state index contributed by atoms with van der Waals surface area (Å²) in [6.45, 7) is 3.28. The zero-order chi connectivity index (χ0) is 21.4. The number of ether oxygens (including phenoxy) is 2. The van der Waals surface area contributed by atoms with Gasteiger partial charge in [0.05, 0.1) is 12.9 Å². The van der Waals surface area contributed by atoms with Crippen LogP contribution in [0.5, 0.6) is 11.5 Å². The van der Waals surface area contributed by atoms with Gasteiger partial charge in [-0.15, -0.1) is 5.10 Å².